The molecule has 128 valence electrons. The van der Waals surface area contributed by atoms with Crippen LogP contribution in [0.15, 0.2) is 48.5 Å². The van der Waals surface area contributed by atoms with E-state index in [1.807, 2.05) is 30.3 Å². The smallest absolute Gasteiger partial charge is 0.319 e. The van der Waals surface area contributed by atoms with Gasteiger partial charge in [-0.15, -0.1) is 0 Å². The van der Waals surface area contributed by atoms with Crippen LogP contribution in [0, 0.1) is 0 Å². The molecule has 0 saturated heterocycles. The van der Waals surface area contributed by atoms with Crippen LogP contribution in [0.25, 0.3) is 0 Å². The highest BCUT2D eigenvalue weighted by molar-refractivity contribution is 5.90. The van der Waals surface area contributed by atoms with Gasteiger partial charge in [0.15, 0.2) is 0 Å². The maximum atomic E-state index is 12.2. The Bertz CT molecular complexity index is 639. The number of hydrogen-bond donors (Lipinski definition) is 3. The zero-order chi connectivity index (χ0) is 17.4. The van der Waals surface area contributed by atoms with Crippen molar-refractivity contribution < 1.29 is 19.4 Å². The summed E-state index contributed by atoms with van der Waals surface area (Å²) in [6, 6.07) is 14.0. The van der Waals surface area contributed by atoms with E-state index in [0.717, 1.165) is 5.56 Å². The van der Waals surface area contributed by atoms with Gasteiger partial charge in [-0.05, 0) is 12.0 Å². The van der Waals surface area contributed by atoms with E-state index >= 15 is 0 Å². The molecule has 6 nitrogen and oxygen atoms in total. The number of amides is 2. The van der Waals surface area contributed by atoms with E-state index in [-0.39, 0.29) is 12.6 Å². The lowest BCUT2D eigenvalue weighted by molar-refractivity contribution is 0.224. The third-order valence-electron chi connectivity index (χ3n) is 3.49. The molecule has 6 heteroatoms. The summed E-state index contributed by atoms with van der Waals surface area (Å²) < 4.78 is 10.3. The first-order valence-corrected chi connectivity index (χ1v) is 7.60. The van der Waals surface area contributed by atoms with Crippen molar-refractivity contribution in [3.05, 3.63) is 54.1 Å². The number of aliphatic hydroxyl groups excluding tert-OH is 1. The molecule has 0 aliphatic heterocycles. The van der Waals surface area contributed by atoms with E-state index in [4.69, 9.17) is 9.47 Å². The number of carbonyl (C=O) groups is 1. The van der Waals surface area contributed by atoms with E-state index in [2.05, 4.69) is 10.6 Å². The first kappa shape index (κ1) is 17.6. The van der Waals surface area contributed by atoms with Gasteiger partial charge in [-0.3, -0.25) is 0 Å². The molecule has 24 heavy (non-hydrogen) atoms. The second-order valence-electron chi connectivity index (χ2n) is 5.27. The molecular formula is C18H22N2O4. The Morgan fingerprint density at radius 2 is 1.71 bits per heavy atom. The van der Waals surface area contributed by atoms with E-state index < -0.39 is 6.03 Å². The van der Waals surface area contributed by atoms with Crippen molar-refractivity contribution in [1.82, 2.24) is 5.32 Å². The van der Waals surface area contributed by atoms with Crippen LogP contribution >= 0.6 is 0 Å². The molecule has 1 unspecified atom stereocenters. The molecule has 0 spiro atoms. The minimum atomic E-state index is -0.403. The van der Waals surface area contributed by atoms with Crippen LogP contribution in [0.5, 0.6) is 11.5 Å². The summed E-state index contributed by atoms with van der Waals surface area (Å²) >= 11 is 0. The standard InChI is InChI=1S/C18H22N2O4/c1-23-16-9-14(10-17(11-16)24-2)19-18(22)20-15(12-21)8-13-6-4-3-5-7-13/h3-7,9-11,15,21H,8,12H2,1-2H3,(H2,19,20,22). The fraction of sp³-hybridized carbons (Fsp3) is 0.278. The topological polar surface area (TPSA) is 79.8 Å². The van der Waals surface area contributed by atoms with E-state index in [1.54, 1.807) is 32.4 Å². The summed E-state index contributed by atoms with van der Waals surface area (Å²) in [5.41, 5.74) is 1.58. The summed E-state index contributed by atoms with van der Waals surface area (Å²) in [6.07, 6.45) is 0.548. The zero-order valence-electron chi connectivity index (χ0n) is 13.8. The van der Waals surface area contributed by atoms with Crippen molar-refractivity contribution >= 4 is 11.7 Å². The van der Waals surface area contributed by atoms with Gasteiger partial charge in [0.2, 0.25) is 0 Å². The highest BCUT2D eigenvalue weighted by atomic mass is 16.5. The Morgan fingerprint density at radius 3 is 2.25 bits per heavy atom. The van der Waals surface area contributed by atoms with Crippen LogP contribution < -0.4 is 20.1 Å². The second-order valence-corrected chi connectivity index (χ2v) is 5.27. The molecule has 1 atom stereocenters. The van der Waals surface area contributed by atoms with Crippen molar-refractivity contribution in [3.8, 4) is 11.5 Å². The maximum Gasteiger partial charge on any atom is 0.319 e. The number of hydrogen-bond acceptors (Lipinski definition) is 4. The summed E-state index contributed by atoms with van der Waals surface area (Å²) in [7, 11) is 3.08. The van der Waals surface area contributed by atoms with Crippen LogP contribution in [-0.2, 0) is 6.42 Å². The van der Waals surface area contributed by atoms with Gasteiger partial charge < -0.3 is 25.2 Å². The SMILES string of the molecule is COc1cc(NC(=O)NC(CO)Cc2ccccc2)cc(OC)c1. The van der Waals surface area contributed by atoms with E-state index in [1.165, 1.54) is 0 Å². The number of rotatable bonds is 7. The van der Waals surface area contributed by atoms with Gasteiger partial charge >= 0.3 is 6.03 Å². The van der Waals surface area contributed by atoms with Crippen molar-refractivity contribution in [1.29, 1.82) is 0 Å². The molecule has 2 aromatic rings. The monoisotopic (exact) mass is 330 g/mol. The molecule has 0 aromatic heterocycles. The molecular weight excluding hydrogens is 308 g/mol. The predicted octanol–water partition coefficient (Wildman–Crippen LogP) is 2.43. The summed E-state index contributed by atoms with van der Waals surface area (Å²) in [5.74, 6) is 1.15. The molecule has 2 rings (SSSR count). The van der Waals surface area contributed by atoms with Gasteiger partial charge in [0.1, 0.15) is 11.5 Å². The average Bonchev–Trinajstić information content (AvgIpc) is 2.61. The van der Waals surface area contributed by atoms with E-state index in [9.17, 15) is 9.90 Å². The van der Waals surface area contributed by atoms with Crippen molar-refractivity contribution in [3.63, 3.8) is 0 Å². The Labute approximate surface area is 141 Å². The van der Waals surface area contributed by atoms with Gasteiger partial charge in [-0.2, -0.15) is 0 Å². The summed E-state index contributed by atoms with van der Waals surface area (Å²) in [4.78, 5) is 12.2. The fourth-order valence-electron chi connectivity index (χ4n) is 2.29. The van der Waals surface area contributed by atoms with Gasteiger partial charge in [0.25, 0.3) is 0 Å². The molecule has 0 saturated carbocycles. The minimum absolute atomic E-state index is 0.149. The van der Waals surface area contributed by atoms with Crippen LogP contribution in [0.3, 0.4) is 0 Å². The van der Waals surface area contributed by atoms with Crippen LogP contribution in [0.4, 0.5) is 10.5 Å². The number of methoxy groups -OCH3 is 2. The summed E-state index contributed by atoms with van der Waals surface area (Å²) in [5, 5.41) is 15.0. The number of aliphatic hydroxyl groups is 1. The highest BCUT2D eigenvalue weighted by Crippen LogP contribution is 2.25. The Morgan fingerprint density at radius 1 is 1.08 bits per heavy atom. The predicted molar refractivity (Wildman–Crippen MR) is 92.7 cm³/mol. The average molecular weight is 330 g/mol. The Hall–Kier alpha value is -2.73. The first-order chi connectivity index (χ1) is 11.6. The highest BCUT2D eigenvalue weighted by Gasteiger charge is 2.13. The molecule has 0 heterocycles. The molecule has 0 fully saturated rings. The molecule has 0 radical (unpaired) electrons. The quantitative estimate of drug-likeness (QED) is 0.728. The molecule has 0 aliphatic rings. The third kappa shape index (κ3) is 5.17. The zero-order valence-corrected chi connectivity index (χ0v) is 13.8. The number of ether oxygens (including phenoxy) is 2. The van der Waals surface area contributed by atoms with Gasteiger partial charge in [0, 0.05) is 23.9 Å². The second kappa shape index (κ2) is 8.79. The lowest BCUT2D eigenvalue weighted by Crippen LogP contribution is -2.41. The number of carbonyl (C=O) groups excluding carboxylic acids is 1. The van der Waals surface area contributed by atoms with Crippen molar-refractivity contribution in [2.45, 2.75) is 12.5 Å². The molecule has 3 N–H and O–H groups in total. The number of urea groups is 1. The number of nitrogens with one attached hydrogen (secondary N) is 2. The van der Waals surface area contributed by atoms with Gasteiger partial charge in [0.05, 0.1) is 26.9 Å². The van der Waals surface area contributed by atoms with Gasteiger partial charge in [-0.1, -0.05) is 30.3 Å². The molecule has 2 aromatic carbocycles. The largest absolute Gasteiger partial charge is 0.497 e. The Balaban J connectivity index is 1.98. The fourth-order valence-corrected chi connectivity index (χ4v) is 2.29. The minimum Gasteiger partial charge on any atom is -0.497 e. The summed E-state index contributed by atoms with van der Waals surface area (Å²) in [6.45, 7) is -0.149. The van der Waals surface area contributed by atoms with Crippen molar-refractivity contribution in [2.75, 3.05) is 26.1 Å². The normalized spacial score (nSPS) is 11.5. The maximum absolute atomic E-state index is 12.2. The van der Waals surface area contributed by atoms with Crippen molar-refractivity contribution in [2.24, 2.45) is 0 Å². The first-order valence-electron chi connectivity index (χ1n) is 7.60. The Kier molecular flexibility index (Phi) is 6.45. The lowest BCUT2D eigenvalue weighted by atomic mass is 10.1. The molecule has 0 aliphatic carbocycles. The van der Waals surface area contributed by atoms with Gasteiger partial charge in [-0.25, -0.2) is 4.79 Å². The number of benzene rings is 2. The number of anilines is 1. The van der Waals surface area contributed by atoms with Crippen LogP contribution in [0.1, 0.15) is 5.56 Å². The third-order valence-corrected chi connectivity index (χ3v) is 3.49. The van der Waals surface area contributed by atoms with Crippen LogP contribution in [0.2, 0.25) is 0 Å². The molecule has 0 bridgehead atoms. The lowest BCUT2D eigenvalue weighted by Gasteiger charge is -2.17. The molecule has 2 amide bonds. The van der Waals surface area contributed by atoms with E-state index in [0.29, 0.717) is 23.6 Å². The van der Waals surface area contributed by atoms with Crippen LogP contribution in [-0.4, -0.2) is 38.0 Å².